The lowest BCUT2D eigenvalue weighted by atomic mass is 10.3. The summed E-state index contributed by atoms with van der Waals surface area (Å²) in [6.45, 7) is 1.77. The van der Waals surface area contributed by atoms with Gasteiger partial charge in [-0.05, 0) is 0 Å². The van der Waals surface area contributed by atoms with Gasteiger partial charge in [0, 0.05) is 27.2 Å². The van der Waals surface area contributed by atoms with Crippen LogP contribution in [0.1, 0.15) is 0 Å². The number of aliphatic hydroxyl groups excluding tert-OH is 1. The lowest BCUT2D eigenvalue weighted by Crippen LogP contribution is -2.34. The molecule has 2 heterocycles. The van der Waals surface area contributed by atoms with Gasteiger partial charge in [0.2, 0.25) is 5.95 Å². The van der Waals surface area contributed by atoms with Gasteiger partial charge in [-0.1, -0.05) is 0 Å². The molecule has 0 unspecified atom stereocenters. The van der Waals surface area contributed by atoms with E-state index < -0.39 is 11.9 Å². The van der Waals surface area contributed by atoms with E-state index in [1.807, 2.05) is 0 Å². The molecule has 18 heavy (non-hydrogen) atoms. The summed E-state index contributed by atoms with van der Waals surface area (Å²) in [5.74, 6) is 0.180. The number of hydrogen-bond acceptors (Lipinski definition) is 6. The average molecular weight is 256 g/mol. The zero-order chi connectivity index (χ0) is 13.1. The monoisotopic (exact) mass is 256 g/mol. The molecule has 1 aliphatic heterocycles. The predicted molar refractivity (Wildman–Crippen MR) is 65.4 cm³/mol. The quantitative estimate of drug-likeness (QED) is 0.796. The Labute approximate surface area is 105 Å². The van der Waals surface area contributed by atoms with Crippen LogP contribution in [0.4, 0.5) is 16.2 Å². The van der Waals surface area contributed by atoms with Crippen molar-refractivity contribution in [3.63, 3.8) is 0 Å². The van der Waals surface area contributed by atoms with Gasteiger partial charge in [0.15, 0.2) is 11.6 Å². The van der Waals surface area contributed by atoms with Crippen LogP contribution in [0, 0.1) is 5.82 Å². The SMILES string of the molecule is CN(C)c1nc(N2CCOC[C@@H](O)C2)ncc1F. The fourth-order valence-electron chi connectivity index (χ4n) is 1.79. The first kappa shape index (κ1) is 13.0. The molecule has 0 spiro atoms. The highest BCUT2D eigenvalue weighted by Gasteiger charge is 2.20. The molecule has 7 heteroatoms. The molecule has 0 bridgehead atoms. The summed E-state index contributed by atoms with van der Waals surface area (Å²) >= 11 is 0. The number of rotatable bonds is 2. The molecule has 1 aliphatic rings. The van der Waals surface area contributed by atoms with Crippen molar-refractivity contribution in [2.24, 2.45) is 0 Å². The summed E-state index contributed by atoms with van der Waals surface area (Å²) in [4.78, 5) is 11.5. The van der Waals surface area contributed by atoms with Crippen molar-refractivity contribution in [2.75, 3.05) is 50.2 Å². The first-order valence-electron chi connectivity index (χ1n) is 5.78. The zero-order valence-electron chi connectivity index (χ0n) is 10.5. The van der Waals surface area contributed by atoms with Gasteiger partial charge in [-0.25, -0.2) is 9.37 Å². The molecule has 1 N–H and O–H groups in total. The van der Waals surface area contributed by atoms with Crippen LogP contribution in [0.25, 0.3) is 0 Å². The van der Waals surface area contributed by atoms with Crippen molar-refractivity contribution < 1.29 is 14.2 Å². The summed E-state index contributed by atoms with van der Waals surface area (Å²) in [6.07, 6.45) is 0.569. The number of aliphatic hydroxyl groups is 1. The Kier molecular flexibility index (Phi) is 3.93. The van der Waals surface area contributed by atoms with Gasteiger partial charge < -0.3 is 19.6 Å². The predicted octanol–water partition coefficient (Wildman–Crippen LogP) is -0.121. The summed E-state index contributed by atoms with van der Waals surface area (Å²) in [5, 5.41) is 9.65. The van der Waals surface area contributed by atoms with Crippen LogP contribution in [-0.4, -0.2) is 61.6 Å². The first-order valence-corrected chi connectivity index (χ1v) is 5.78. The molecule has 2 rings (SSSR count). The number of hydrogen-bond donors (Lipinski definition) is 1. The van der Waals surface area contributed by atoms with Crippen molar-refractivity contribution in [1.82, 2.24) is 9.97 Å². The fourth-order valence-corrected chi connectivity index (χ4v) is 1.79. The molecule has 1 atom stereocenters. The molecular formula is C11H17FN4O2. The maximum Gasteiger partial charge on any atom is 0.227 e. The molecule has 0 amide bonds. The normalized spacial score (nSPS) is 20.7. The van der Waals surface area contributed by atoms with Crippen LogP contribution in [0.2, 0.25) is 0 Å². The molecular weight excluding hydrogens is 239 g/mol. The standard InChI is InChI=1S/C11H17FN4O2/c1-15(2)10-9(12)5-13-11(14-10)16-3-4-18-7-8(17)6-16/h5,8,17H,3-4,6-7H2,1-2H3/t8-/m0/s1. The Morgan fingerprint density at radius 3 is 3.06 bits per heavy atom. The second-order valence-electron chi connectivity index (χ2n) is 4.41. The maximum absolute atomic E-state index is 13.5. The van der Waals surface area contributed by atoms with Crippen molar-refractivity contribution >= 4 is 11.8 Å². The molecule has 1 fully saturated rings. The van der Waals surface area contributed by atoms with Gasteiger partial charge in [0.05, 0.1) is 25.5 Å². The molecule has 1 aromatic rings. The van der Waals surface area contributed by atoms with E-state index >= 15 is 0 Å². The Balaban J connectivity index is 2.24. The summed E-state index contributed by atoms with van der Waals surface area (Å²) < 4.78 is 18.7. The lowest BCUT2D eigenvalue weighted by Gasteiger charge is -2.22. The second-order valence-corrected chi connectivity index (χ2v) is 4.41. The Bertz CT molecular complexity index is 416. The Morgan fingerprint density at radius 1 is 1.56 bits per heavy atom. The molecule has 0 aliphatic carbocycles. The van der Waals surface area contributed by atoms with E-state index in [-0.39, 0.29) is 5.82 Å². The van der Waals surface area contributed by atoms with Gasteiger partial charge in [-0.3, -0.25) is 0 Å². The number of halogens is 1. The van der Waals surface area contributed by atoms with Crippen LogP contribution in [0.5, 0.6) is 0 Å². The minimum atomic E-state index is -0.580. The largest absolute Gasteiger partial charge is 0.389 e. The van der Waals surface area contributed by atoms with Crippen molar-refractivity contribution in [2.45, 2.75) is 6.10 Å². The Hall–Kier alpha value is -1.47. The summed E-state index contributed by atoms with van der Waals surface area (Å²) in [5.41, 5.74) is 0. The molecule has 1 aromatic heterocycles. The highest BCUT2D eigenvalue weighted by molar-refractivity contribution is 5.43. The number of nitrogens with zero attached hydrogens (tertiary/aromatic N) is 4. The smallest absolute Gasteiger partial charge is 0.227 e. The minimum absolute atomic E-state index is 0.236. The van der Waals surface area contributed by atoms with Gasteiger partial charge in [-0.15, -0.1) is 0 Å². The van der Waals surface area contributed by atoms with E-state index in [2.05, 4.69) is 9.97 Å². The molecule has 0 aromatic carbocycles. The van der Waals surface area contributed by atoms with Gasteiger partial charge >= 0.3 is 0 Å². The molecule has 0 radical (unpaired) electrons. The van der Waals surface area contributed by atoms with Crippen LogP contribution in [0.15, 0.2) is 6.20 Å². The lowest BCUT2D eigenvalue weighted by molar-refractivity contribution is 0.0597. The fraction of sp³-hybridized carbons (Fsp3) is 0.636. The van der Waals surface area contributed by atoms with Gasteiger partial charge in [0.1, 0.15) is 0 Å². The van der Waals surface area contributed by atoms with Crippen LogP contribution < -0.4 is 9.80 Å². The van der Waals surface area contributed by atoms with E-state index in [9.17, 15) is 9.50 Å². The third kappa shape index (κ3) is 2.85. The average Bonchev–Trinajstić information content (AvgIpc) is 2.54. The highest BCUT2D eigenvalue weighted by atomic mass is 19.1. The molecule has 6 nitrogen and oxygen atoms in total. The zero-order valence-corrected chi connectivity index (χ0v) is 10.5. The summed E-state index contributed by atoms with van der Waals surface area (Å²) in [6, 6.07) is 0. The summed E-state index contributed by atoms with van der Waals surface area (Å²) in [7, 11) is 3.44. The van der Waals surface area contributed by atoms with Crippen LogP contribution in [-0.2, 0) is 4.74 Å². The first-order chi connectivity index (χ1) is 8.58. The Morgan fingerprint density at radius 2 is 2.33 bits per heavy atom. The second kappa shape index (κ2) is 5.45. The third-order valence-electron chi connectivity index (χ3n) is 2.67. The molecule has 1 saturated heterocycles. The van der Waals surface area contributed by atoms with Gasteiger partial charge in [0.25, 0.3) is 0 Å². The minimum Gasteiger partial charge on any atom is -0.389 e. The van der Waals surface area contributed by atoms with E-state index in [1.54, 1.807) is 23.9 Å². The van der Waals surface area contributed by atoms with E-state index in [0.717, 1.165) is 6.20 Å². The maximum atomic E-state index is 13.5. The van der Waals surface area contributed by atoms with Crippen molar-refractivity contribution in [1.29, 1.82) is 0 Å². The van der Waals surface area contributed by atoms with Crippen molar-refractivity contribution in [3.05, 3.63) is 12.0 Å². The van der Waals surface area contributed by atoms with Gasteiger partial charge in [-0.2, -0.15) is 4.98 Å². The number of β-amino-alcohol motifs (C(OH)–C–C–N with tert-alkyl or cyclic N) is 1. The van der Waals surface area contributed by atoms with Crippen molar-refractivity contribution in [3.8, 4) is 0 Å². The topological polar surface area (TPSA) is 61.7 Å². The number of anilines is 2. The highest BCUT2D eigenvalue weighted by Crippen LogP contribution is 2.18. The number of aromatic nitrogens is 2. The molecule has 0 saturated carbocycles. The van der Waals surface area contributed by atoms with E-state index in [0.29, 0.717) is 32.3 Å². The van der Waals surface area contributed by atoms with E-state index in [1.165, 1.54) is 0 Å². The van der Waals surface area contributed by atoms with Crippen LogP contribution in [0.3, 0.4) is 0 Å². The third-order valence-corrected chi connectivity index (χ3v) is 2.67. The number of ether oxygens (including phenoxy) is 1. The van der Waals surface area contributed by atoms with E-state index in [4.69, 9.17) is 4.74 Å². The molecule has 100 valence electrons. The van der Waals surface area contributed by atoms with Crippen LogP contribution >= 0.6 is 0 Å².